The molecule has 2 aliphatic heterocycles. The molecule has 2 aromatic heterocycles. The summed E-state index contributed by atoms with van der Waals surface area (Å²) in [6.45, 7) is 4.06. The number of rotatable bonds is 10. The Balaban J connectivity index is 1.33. The van der Waals surface area contributed by atoms with Crippen LogP contribution in [0.2, 0.25) is 5.02 Å². The molecular weight excluding hydrogens is 635 g/mol. The quantitative estimate of drug-likeness (QED) is 0.282. The minimum atomic E-state index is -4.57. The molecule has 2 saturated heterocycles. The Morgan fingerprint density at radius 3 is 2.31 bits per heavy atom. The first-order valence-electron chi connectivity index (χ1n) is 14.3. The third-order valence-electron chi connectivity index (χ3n) is 7.53. The van der Waals surface area contributed by atoms with Crippen LogP contribution in [-0.4, -0.2) is 105 Å². The highest BCUT2D eigenvalue weighted by molar-refractivity contribution is 7.92. The lowest BCUT2D eigenvalue weighted by atomic mass is 10.0. The molecule has 17 heteroatoms. The number of piperazine rings is 1. The maximum absolute atomic E-state index is 13.2. The molecule has 0 bridgehead atoms. The number of alkyl halides is 3. The fraction of sp³-hybridized carbons (Fsp3) is 0.464. The predicted molar refractivity (Wildman–Crippen MR) is 169 cm³/mol. The van der Waals surface area contributed by atoms with Crippen LogP contribution in [0.1, 0.15) is 12.8 Å². The molecular formula is C28H35ClF3N9O3S. The van der Waals surface area contributed by atoms with Gasteiger partial charge in [0.1, 0.15) is 16.5 Å². The summed E-state index contributed by atoms with van der Waals surface area (Å²) in [4.78, 5) is 19.8. The number of likely N-dealkylation sites (N-methyl/N-ethyl adjacent to an activating group) is 1. The van der Waals surface area contributed by atoms with E-state index in [9.17, 15) is 21.6 Å². The third kappa shape index (κ3) is 9.22. The highest BCUT2D eigenvalue weighted by atomic mass is 35.5. The van der Waals surface area contributed by atoms with Gasteiger partial charge in [-0.05, 0) is 44.2 Å². The van der Waals surface area contributed by atoms with Crippen LogP contribution in [0.25, 0.3) is 0 Å². The van der Waals surface area contributed by atoms with Crippen LogP contribution in [0.3, 0.4) is 0 Å². The molecule has 0 radical (unpaired) electrons. The minimum Gasteiger partial charge on any atom is -0.466 e. The Morgan fingerprint density at radius 2 is 1.64 bits per heavy atom. The molecule has 2 fully saturated rings. The second-order valence-corrected chi connectivity index (χ2v) is 13.2. The van der Waals surface area contributed by atoms with Gasteiger partial charge in [-0.2, -0.15) is 23.1 Å². The Hall–Kier alpha value is -3.60. The first-order valence-corrected chi connectivity index (χ1v) is 16.6. The number of hydrogen-bond donors (Lipinski definition) is 3. The number of hydrogen-bond acceptors (Lipinski definition) is 11. The van der Waals surface area contributed by atoms with Gasteiger partial charge in [0, 0.05) is 45.3 Å². The summed E-state index contributed by atoms with van der Waals surface area (Å²) >= 11 is 6.31. The number of anilines is 6. The molecule has 4 heterocycles. The van der Waals surface area contributed by atoms with Crippen LogP contribution in [-0.2, 0) is 10.0 Å². The number of sulfonamides is 1. The molecule has 1 aromatic carbocycles. The zero-order valence-corrected chi connectivity index (χ0v) is 26.4. The number of ether oxygens (including phenoxy) is 1. The van der Waals surface area contributed by atoms with Crippen molar-refractivity contribution in [3.05, 3.63) is 47.6 Å². The lowest BCUT2D eigenvalue weighted by molar-refractivity contribution is -0.153. The molecule has 45 heavy (non-hydrogen) atoms. The fourth-order valence-corrected chi connectivity index (χ4v) is 5.97. The van der Waals surface area contributed by atoms with Crippen LogP contribution in [0.4, 0.5) is 47.8 Å². The van der Waals surface area contributed by atoms with Crippen LogP contribution < -0.4 is 25.0 Å². The molecule has 0 spiro atoms. The summed E-state index contributed by atoms with van der Waals surface area (Å²) in [7, 11) is -1.45. The molecule has 0 atom stereocenters. The SMILES string of the molecule is CN1CCN(C2CCN(c3ccc(Nc4ncc(Cl)c(Nc5ccccc5NS(C)(=O)=O)n4)c(OCC(F)(F)F)n3)CC2)CC1. The molecule has 244 valence electrons. The van der Waals surface area contributed by atoms with Crippen LogP contribution in [0.15, 0.2) is 42.6 Å². The number of para-hydroxylation sites is 2. The second-order valence-electron chi connectivity index (χ2n) is 11.0. The second kappa shape index (κ2) is 13.8. The number of nitrogens with zero attached hydrogens (tertiary/aromatic N) is 6. The molecule has 2 aliphatic rings. The number of benzene rings is 1. The fourth-order valence-electron chi connectivity index (χ4n) is 5.25. The van der Waals surface area contributed by atoms with E-state index in [2.05, 4.69) is 52.1 Å². The summed E-state index contributed by atoms with van der Waals surface area (Å²) in [5.74, 6) is 0.392. The minimum absolute atomic E-state index is 0.00477. The van der Waals surface area contributed by atoms with E-state index < -0.39 is 22.8 Å². The summed E-state index contributed by atoms with van der Waals surface area (Å²) in [6.07, 6.45) is -0.383. The maximum atomic E-state index is 13.2. The Morgan fingerprint density at radius 1 is 0.956 bits per heavy atom. The van der Waals surface area contributed by atoms with Crippen molar-refractivity contribution in [3.63, 3.8) is 0 Å². The zero-order valence-electron chi connectivity index (χ0n) is 24.8. The molecule has 3 aromatic rings. The zero-order chi connectivity index (χ0) is 32.2. The van der Waals surface area contributed by atoms with Gasteiger partial charge < -0.3 is 25.2 Å². The highest BCUT2D eigenvalue weighted by Gasteiger charge is 2.31. The lowest BCUT2D eigenvalue weighted by Crippen LogP contribution is -2.52. The van der Waals surface area contributed by atoms with Gasteiger partial charge in [0.2, 0.25) is 21.9 Å². The largest absolute Gasteiger partial charge is 0.466 e. The van der Waals surface area contributed by atoms with Gasteiger partial charge in [-0.25, -0.2) is 13.4 Å². The molecule has 0 saturated carbocycles. The van der Waals surface area contributed by atoms with Crippen molar-refractivity contribution in [3.8, 4) is 5.88 Å². The summed E-state index contributed by atoms with van der Waals surface area (Å²) < 4.78 is 70.6. The molecule has 5 rings (SSSR count). The average molecular weight is 670 g/mol. The van der Waals surface area contributed by atoms with Crippen molar-refractivity contribution in [1.29, 1.82) is 0 Å². The standard InChI is InChI=1S/C28H35ClF3N9O3S/c1-39-13-15-40(16-14-39)19-9-11-41(12-10-19)24-8-7-23(26(36-24)44-18-28(30,31)32)35-27-33-17-20(29)25(37-27)34-21-5-3-4-6-22(21)38-45(2,42)43/h3-8,17,19,38H,9-16,18H2,1-2H3,(H2,33,34,35,37). The Kier molecular flexibility index (Phi) is 10.1. The van der Waals surface area contributed by atoms with Crippen molar-refractivity contribution in [2.24, 2.45) is 0 Å². The predicted octanol–water partition coefficient (Wildman–Crippen LogP) is 4.54. The summed E-state index contributed by atoms with van der Waals surface area (Å²) in [5, 5.41) is 5.98. The van der Waals surface area contributed by atoms with Crippen molar-refractivity contribution < 1.29 is 26.3 Å². The molecule has 12 nitrogen and oxygen atoms in total. The molecule has 0 unspecified atom stereocenters. The van der Waals surface area contributed by atoms with E-state index in [4.69, 9.17) is 16.3 Å². The lowest BCUT2D eigenvalue weighted by Gasteiger charge is -2.42. The van der Waals surface area contributed by atoms with E-state index in [1.807, 2.05) is 0 Å². The van der Waals surface area contributed by atoms with E-state index >= 15 is 0 Å². The number of piperidine rings is 1. The first-order chi connectivity index (χ1) is 21.3. The van der Waals surface area contributed by atoms with Gasteiger partial charge in [0.15, 0.2) is 12.4 Å². The van der Waals surface area contributed by atoms with E-state index in [0.29, 0.717) is 17.5 Å². The number of halogens is 4. The van der Waals surface area contributed by atoms with E-state index in [0.717, 1.165) is 58.4 Å². The van der Waals surface area contributed by atoms with Gasteiger partial charge in [-0.15, -0.1) is 0 Å². The van der Waals surface area contributed by atoms with Gasteiger partial charge >= 0.3 is 6.18 Å². The van der Waals surface area contributed by atoms with Gasteiger partial charge in [-0.3, -0.25) is 9.62 Å². The van der Waals surface area contributed by atoms with Crippen molar-refractivity contribution in [2.75, 3.05) is 79.4 Å². The van der Waals surface area contributed by atoms with Crippen molar-refractivity contribution in [2.45, 2.75) is 25.1 Å². The highest BCUT2D eigenvalue weighted by Crippen LogP contribution is 2.33. The molecule has 3 N–H and O–H groups in total. The first kappa shape index (κ1) is 32.8. The van der Waals surface area contributed by atoms with E-state index in [-0.39, 0.29) is 34.0 Å². The number of aromatic nitrogens is 3. The number of nitrogens with one attached hydrogen (secondary N) is 3. The maximum Gasteiger partial charge on any atom is 0.422 e. The van der Waals surface area contributed by atoms with E-state index in [1.165, 1.54) is 6.20 Å². The van der Waals surface area contributed by atoms with Crippen molar-refractivity contribution in [1.82, 2.24) is 24.8 Å². The molecule has 0 aliphatic carbocycles. The Labute approximate surface area is 265 Å². The van der Waals surface area contributed by atoms with Gasteiger partial charge in [0.05, 0.1) is 23.8 Å². The van der Waals surface area contributed by atoms with Gasteiger partial charge in [0.25, 0.3) is 0 Å². The van der Waals surface area contributed by atoms with Gasteiger partial charge in [-0.1, -0.05) is 23.7 Å². The topological polar surface area (TPSA) is 128 Å². The van der Waals surface area contributed by atoms with Crippen LogP contribution >= 0.6 is 11.6 Å². The average Bonchev–Trinajstić information content (AvgIpc) is 2.99. The smallest absolute Gasteiger partial charge is 0.422 e. The Bertz CT molecular complexity index is 1580. The molecule has 0 amide bonds. The summed E-state index contributed by atoms with van der Waals surface area (Å²) in [6, 6.07) is 10.3. The van der Waals surface area contributed by atoms with Crippen LogP contribution in [0.5, 0.6) is 5.88 Å². The number of pyridine rings is 1. The normalized spacial score (nSPS) is 17.2. The monoisotopic (exact) mass is 669 g/mol. The van der Waals surface area contributed by atoms with E-state index in [1.54, 1.807) is 36.4 Å². The van der Waals surface area contributed by atoms with Crippen LogP contribution in [0, 0.1) is 0 Å². The van der Waals surface area contributed by atoms with Crippen molar-refractivity contribution >= 4 is 56.3 Å². The summed E-state index contributed by atoms with van der Waals surface area (Å²) in [5.41, 5.74) is 0.758. The third-order valence-corrected chi connectivity index (χ3v) is 8.39.